The lowest BCUT2D eigenvalue weighted by atomic mass is 10.2. The third-order valence-corrected chi connectivity index (χ3v) is 1.80. The highest BCUT2D eigenvalue weighted by atomic mass is 16.1. The van der Waals surface area contributed by atoms with Crippen LogP contribution in [0.5, 0.6) is 0 Å². The van der Waals surface area contributed by atoms with Gasteiger partial charge >= 0.3 is 0 Å². The average molecular weight is 167 g/mol. The number of nitrogens with one attached hydrogen (secondary N) is 1. The number of carbonyl (C=O) groups excluding carboxylic acids is 1. The smallest absolute Gasteiger partial charge is 0.247 e. The summed E-state index contributed by atoms with van der Waals surface area (Å²) in [6, 6.07) is 0. The van der Waals surface area contributed by atoms with Crippen LogP contribution in [0.1, 0.15) is 34.1 Å². The van der Waals surface area contributed by atoms with Crippen LogP contribution in [0, 0.1) is 0 Å². The molecule has 68 valence electrons. The van der Waals surface area contributed by atoms with E-state index in [1.54, 1.807) is 6.08 Å². The Morgan fingerprint density at radius 3 is 2.42 bits per heavy atom. The molecule has 0 rings (SSSR count). The minimum Gasteiger partial charge on any atom is -0.327 e. The highest BCUT2D eigenvalue weighted by Gasteiger charge is 1.97. The van der Waals surface area contributed by atoms with Crippen molar-refractivity contribution in [2.45, 2.75) is 34.1 Å². The summed E-state index contributed by atoms with van der Waals surface area (Å²) in [5.74, 6) is -0.0530. The van der Waals surface area contributed by atoms with E-state index in [4.69, 9.17) is 0 Å². The van der Waals surface area contributed by atoms with Crippen molar-refractivity contribution >= 4 is 5.91 Å². The van der Waals surface area contributed by atoms with Crippen molar-refractivity contribution < 1.29 is 4.79 Å². The number of hydrogen-bond acceptors (Lipinski definition) is 1. The van der Waals surface area contributed by atoms with Crippen LogP contribution in [0.2, 0.25) is 0 Å². The van der Waals surface area contributed by atoms with Crippen molar-refractivity contribution in [2.75, 3.05) is 0 Å². The fraction of sp³-hybridized carbons (Fsp3) is 0.500. The van der Waals surface area contributed by atoms with Gasteiger partial charge in [-0.15, -0.1) is 0 Å². The van der Waals surface area contributed by atoms with Crippen LogP contribution in [-0.2, 0) is 4.79 Å². The van der Waals surface area contributed by atoms with Gasteiger partial charge in [0, 0.05) is 5.70 Å². The van der Waals surface area contributed by atoms with Gasteiger partial charge in [-0.2, -0.15) is 0 Å². The van der Waals surface area contributed by atoms with Crippen molar-refractivity contribution in [2.24, 2.45) is 0 Å². The Labute approximate surface area is 74.4 Å². The van der Waals surface area contributed by atoms with E-state index in [0.29, 0.717) is 0 Å². The molecule has 0 aromatic rings. The SMILES string of the molecule is C/C=C\C(=O)N/C(C)=C(\C)CC. The van der Waals surface area contributed by atoms with E-state index < -0.39 is 0 Å². The number of carbonyl (C=O) groups is 1. The van der Waals surface area contributed by atoms with Crippen molar-refractivity contribution in [1.82, 2.24) is 5.32 Å². The van der Waals surface area contributed by atoms with Crippen molar-refractivity contribution in [3.05, 3.63) is 23.4 Å². The molecule has 0 aliphatic rings. The van der Waals surface area contributed by atoms with Gasteiger partial charge in [-0.05, 0) is 33.3 Å². The van der Waals surface area contributed by atoms with E-state index in [0.717, 1.165) is 12.1 Å². The molecule has 0 aliphatic carbocycles. The van der Waals surface area contributed by atoms with Gasteiger partial charge < -0.3 is 5.32 Å². The fourth-order valence-electron chi connectivity index (χ4n) is 0.750. The zero-order valence-corrected chi connectivity index (χ0v) is 8.27. The van der Waals surface area contributed by atoms with Crippen molar-refractivity contribution in [1.29, 1.82) is 0 Å². The molecule has 0 aromatic carbocycles. The largest absolute Gasteiger partial charge is 0.327 e. The summed E-state index contributed by atoms with van der Waals surface area (Å²) in [5.41, 5.74) is 2.17. The molecule has 1 N–H and O–H groups in total. The van der Waals surface area contributed by atoms with Gasteiger partial charge in [0.25, 0.3) is 0 Å². The molecular formula is C10H17NO. The number of allylic oxidation sites excluding steroid dienone is 3. The zero-order valence-electron chi connectivity index (χ0n) is 8.27. The molecule has 0 spiro atoms. The van der Waals surface area contributed by atoms with Gasteiger partial charge in [0.05, 0.1) is 0 Å². The summed E-state index contributed by atoms with van der Waals surface area (Å²) in [4.78, 5) is 11.0. The molecule has 0 bridgehead atoms. The Hall–Kier alpha value is -1.05. The first-order valence-corrected chi connectivity index (χ1v) is 4.21. The van der Waals surface area contributed by atoms with Crippen molar-refractivity contribution in [3.63, 3.8) is 0 Å². The van der Waals surface area contributed by atoms with Crippen LogP contribution in [0.4, 0.5) is 0 Å². The highest BCUT2D eigenvalue weighted by Crippen LogP contribution is 2.03. The van der Waals surface area contributed by atoms with E-state index in [1.165, 1.54) is 11.6 Å². The zero-order chi connectivity index (χ0) is 9.56. The molecule has 0 fully saturated rings. The summed E-state index contributed by atoms with van der Waals surface area (Å²) in [6.07, 6.45) is 4.22. The second kappa shape index (κ2) is 5.58. The normalized spacial score (nSPS) is 13.0. The Balaban J connectivity index is 4.17. The average Bonchev–Trinajstić information content (AvgIpc) is 2.03. The molecule has 0 saturated heterocycles. The lowest BCUT2D eigenvalue weighted by molar-refractivity contribution is -0.115. The van der Waals surface area contributed by atoms with E-state index in [2.05, 4.69) is 12.2 Å². The van der Waals surface area contributed by atoms with Crippen LogP contribution in [0.3, 0.4) is 0 Å². The van der Waals surface area contributed by atoms with E-state index in [1.807, 2.05) is 20.8 Å². The second-order valence-electron chi connectivity index (χ2n) is 2.75. The number of amides is 1. The standard InChI is InChI=1S/C10H17NO/c1-5-7-10(12)11-9(4)8(3)6-2/h5,7H,6H2,1-4H3,(H,11,12)/b7-5-,9-8+. The minimum absolute atomic E-state index is 0.0530. The molecule has 0 unspecified atom stereocenters. The van der Waals surface area contributed by atoms with Gasteiger partial charge in [0.1, 0.15) is 0 Å². The number of hydrogen-bond donors (Lipinski definition) is 1. The fourth-order valence-corrected chi connectivity index (χ4v) is 0.750. The van der Waals surface area contributed by atoms with Crippen LogP contribution >= 0.6 is 0 Å². The maximum Gasteiger partial charge on any atom is 0.247 e. The summed E-state index contributed by atoms with van der Waals surface area (Å²) >= 11 is 0. The molecule has 2 heteroatoms. The third kappa shape index (κ3) is 3.96. The van der Waals surface area contributed by atoms with Gasteiger partial charge in [-0.25, -0.2) is 0 Å². The van der Waals surface area contributed by atoms with E-state index in [9.17, 15) is 4.79 Å². The highest BCUT2D eigenvalue weighted by molar-refractivity contribution is 5.88. The molecule has 2 nitrogen and oxygen atoms in total. The van der Waals surface area contributed by atoms with E-state index in [-0.39, 0.29) is 5.91 Å². The Morgan fingerprint density at radius 2 is 2.00 bits per heavy atom. The first-order valence-electron chi connectivity index (χ1n) is 4.21. The Kier molecular flexibility index (Phi) is 5.09. The topological polar surface area (TPSA) is 29.1 Å². The first kappa shape index (κ1) is 11.0. The van der Waals surface area contributed by atoms with Crippen LogP contribution in [-0.4, -0.2) is 5.91 Å². The monoisotopic (exact) mass is 167 g/mol. The Morgan fingerprint density at radius 1 is 1.42 bits per heavy atom. The molecule has 0 aromatic heterocycles. The summed E-state index contributed by atoms with van der Waals surface area (Å²) < 4.78 is 0. The third-order valence-electron chi connectivity index (χ3n) is 1.80. The van der Waals surface area contributed by atoms with Crippen LogP contribution < -0.4 is 5.32 Å². The molecule has 0 radical (unpaired) electrons. The van der Waals surface area contributed by atoms with E-state index >= 15 is 0 Å². The predicted molar refractivity (Wildman–Crippen MR) is 51.6 cm³/mol. The summed E-state index contributed by atoms with van der Waals surface area (Å²) in [6.45, 7) is 7.83. The van der Waals surface area contributed by atoms with Gasteiger partial charge in [-0.3, -0.25) is 4.79 Å². The lowest BCUT2D eigenvalue weighted by Crippen LogP contribution is -2.19. The molecule has 1 amide bonds. The maximum atomic E-state index is 11.0. The molecule has 0 heterocycles. The molecule has 12 heavy (non-hydrogen) atoms. The van der Waals surface area contributed by atoms with Gasteiger partial charge in [0.15, 0.2) is 0 Å². The summed E-state index contributed by atoms with van der Waals surface area (Å²) in [5, 5.41) is 2.79. The predicted octanol–water partition coefficient (Wildman–Crippen LogP) is 2.38. The first-order chi connectivity index (χ1) is 5.61. The Bertz CT molecular complexity index is 214. The van der Waals surface area contributed by atoms with Gasteiger partial charge in [0.2, 0.25) is 5.91 Å². The quantitative estimate of drug-likeness (QED) is 0.642. The second-order valence-corrected chi connectivity index (χ2v) is 2.75. The molecular weight excluding hydrogens is 150 g/mol. The minimum atomic E-state index is -0.0530. The molecule has 0 saturated carbocycles. The van der Waals surface area contributed by atoms with Gasteiger partial charge in [-0.1, -0.05) is 18.6 Å². The lowest BCUT2D eigenvalue weighted by Gasteiger charge is -2.05. The van der Waals surface area contributed by atoms with Crippen molar-refractivity contribution in [3.8, 4) is 0 Å². The molecule has 0 aliphatic heterocycles. The number of rotatable bonds is 3. The molecule has 0 atom stereocenters. The van der Waals surface area contributed by atoms with Crippen LogP contribution in [0.25, 0.3) is 0 Å². The maximum absolute atomic E-state index is 11.0. The van der Waals surface area contributed by atoms with Crippen LogP contribution in [0.15, 0.2) is 23.4 Å². The summed E-state index contributed by atoms with van der Waals surface area (Å²) in [7, 11) is 0.